The van der Waals surface area contributed by atoms with Crippen molar-refractivity contribution in [2.24, 2.45) is 5.92 Å². The maximum Gasteiger partial charge on any atom is 0.243 e. The van der Waals surface area contributed by atoms with Crippen molar-refractivity contribution < 1.29 is 9.59 Å². The van der Waals surface area contributed by atoms with E-state index in [0.717, 1.165) is 12.0 Å². The molecule has 2 saturated heterocycles. The van der Waals surface area contributed by atoms with Crippen LogP contribution in [0.2, 0.25) is 0 Å². The molecule has 0 aromatic carbocycles. The van der Waals surface area contributed by atoms with Crippen molar-refractivity contribution >= 4 is 24.0 Å². The van der Waals surface area contributed by atoms with E-state index in [4.69, 9.17) is 0 Å². The predicted octanol–water partition coefficient (Wildman–Crippen LogP) is -0.307. The van der Waals surface area contributed by atoms with Crippen molar-refractivity contribution in [3.63, 3.8) is 0 Å². The molecule has 78 valence electrons. The van der Waals surface area contributed by atoms with Gasteiger partial charge in [0.1, 0.15) is 17.7 Å². The van der Waals surface area contributed by atoms with Crippen LogP contribution in [0.5, 0.6) is 0 Å². The third kappa shape index (κ3) is 1.19. The topological polar surface area (TPSA) is 49.4 Å². The zero-order chi connectivity index (χ0) is 10.3. The van der Waals surface area contributed by atoms with Crippen LogP contribution < -0.4 is 5.32 Å². The van der Waals surface area contributed by atoms with Gasteiger partial charge in [0.25, 0.3) is 0 Å². The highest BCUT2D eigenvalue weighted by molar-refractivity contribution is 8.00. The summed E-state index contributed by atoms with van der Waals surface area (Å²) in [6.07, 6.45) is 0.966. The van der Waals surface area contributed by atoms with Gasteiger partial charge in [-0.25, -0.2) is 0 Å². The van der Waals surface area contributed by atoms with Crippen LogP contribution >= 0.6 is 11.8 Å². The third-order valence-electron chi connectivity index (χ3n) is 3.08. The van der Waals surface area contributed by atoms with Crippen LogP contribution in [-0.4, -0.2) is 47.4 Å². The number of thioether (sulfide) groups is 1. The van der Waals surface area contributed by atoms with E-state index in [2.05, 4.69) is 5.32 Å². The highest BCUT2D eigenvalue weighted by Gasteiger charge is 2.52. The summed E-state index contributed by atoms with van der Waals surface area (Å²) in [6, 6.07) is 0.0194. The molecule has 4 nitrogen and oxygen atoms in total. The summed E-state index contributed by atoms with van der Waals surface area (Å²) in [5.74, 6) is 0.958. The molecule has 0 bridgehead atoms. The number of nitrogens with one attached hydrogen (secondary N) is 1. The molecule has 0 radical (unpaired) electrons. The molecule has 2 rings (SSSR count). The minimum absolute atomic E-state index is 0.00185. The van der Waals surface area contributed by atoms with Crippen molar-refractivity contribution in [3.05, 3.63) is 0 Å². The predicted molar refractivity (Wildman–Crippen MR) is 55.0 cm³/mol. The summed E-state index contributed by atoms with van der Waals surface area (Å²) in [5, 5.41) is 3.24. The lowest BCUT2D eigenvalue weighted by Gasteiger charge is -2.54. The molecule has 14 heavy (non-hydrogen) atoms. The molecule has 0 saturated carbocycles. The number of likely N-dealkylation sites (N-methyl/N-ethyl adjacent to an activating group) is 1. The van der Waals surface area contributed by atoms with Gasteiger partial charge in [0.05, 0.1) is 0 Å². The summed E-state index contributed by atoms with van der Waals surface area (Å²) in [7, 11) is 1.80. The molecular weight excluding hydrogens is 200 g/mol. The van der Waals surface area contributed by atoms with Crippen LogP contribution in [0.4, 0.5) is 0 Å². The van der Waals surface area contributed by atoms with Crippen LogP contribution in [0.15, 0.2) is 0 Å². The molecule has 0 aromatic heterocycles. The lowest BCUT2D eigenvalue weighted by molar-refractivity contribution is -0.151. The molecule has 0 aliphatic carbocycles. The van der Waals surface area contributed by atoms with Gasteiger partial charge < -0.3 is 15.0 Å². The zero-order valence-electron chi connectivity index (χ0n) is 8.27. The van der Waals surface area contributed by atoms with E-state index in [1.165, 1.54) is 0 Å². The second-order valence-electron chi connectivity index (χ2n) is 3.78. The van der Waals surface area contributed by atoms with Gasteiger partial charge in [0, 0.05) is 17.7 Å². The van der Waals surface area contributed by atoms with E-state index >= 15 is 0 Å². The Bertz CT molecular complexity index is 272. The summed E-state index contributed by atoms with van der Waals surface area (Å²) < 4.78 is 0. The Morgan fingerprint density at radius 2 is 2.36 bits per heavy atom. The monoisotopic (exact) mass is 214 g/mol. The van der Waals surface area contributed by atoms with E-state index in [1.807, 2.05) is 11.8 Å². The largest absolute Gasteiger partial charge is 0.324 e. The van der Waals surface area contributed by atoms with Gasteiger partial charge in [-0.3, -0.25) is 4.79 Å². The zero-order valence-corrected chi connectivity index (χ0v) is 9.08. The number of nitrogens with zero attached hydrogens (tertiary/aromatic N) is 1. The van der Waals surface area contributed by atoms with Crippen LogP contribution in [0, 0.1) is 5.92 Å². The number of fused-ring (bicyclic) bond motifs is 1. The summed E-state index contributed by atoms with van der Waals surface area (Å²) in [6.45, 7) is 1.95. The van der Waals surface area contributed by atoms with E-state index in [0.29, 0.717) is 0 Å². The van der Waals surface area contributed by atoms with E-state index < -0.39 is 0 Å². The number of carbonyl (C=O) groups excluding carboxylic acids is 2. The number of aldehydes is 1. The molecule has 2 aliphatic heterocycles. The standard InChI is InChI=1S/C9H14N2O2S/c1-5-6(3-12)4-14-9-7(10-2)8(13)11(5)9/h3,5-7,9-10H,4H2,1-2H3/t5?,6?,7-,9-/m1/s1. The van der Waals surface area contributed by atoms with Gasteiger partial charge in [-0.1, -0.05) is 0 Å². The minimum Gasteiger partial charge on any atom is -0.324 e. The third-order valence-corrected chi connectivity index (χ3v) is 4.50. The highest BCUT2D eigenvalue weighted by Crippen LogP contribution is 2.39. The average molecular weight is 214 g/mol. The smallest absolute Gasteiger partial charge is 0.243 e. The van der Waals surface area contributed by atoms with Crippen LogP contribution in [0.1, 0.15) is 6.92 Å². The van der Waals surface area contributed by atoms with Crippen LogP contribution in [0.25, 0.3) is 0 Å². The van der Waals surface area contributed by atoms with E-state index in [9.17, 15) is 9.59 Å². The Labute approximate surface area is 87.4 Å². The number of carbonyl (C=O) groups is 2. The fourth-order valence-corrected chi connectivity index (χ4v) is 3.75. The van der Waals surface area contributed by atoms with Crippen LogP contribution in [0.3, 0.4) is 0 Å². The van der Waals surface area contributed by atoms with Gasteiger partial charge in [-0.2, -0.15) is 0 Å². The van der Waals surface area contributed by atoms with Crippen molar-refractivity contribution in [3.8, 4) is 0 Å². The molecular formula is C9H14N2O2S. The number of rotatable bonds is 2. The Hall–Kier alpha value is -0.550. The molecule has 0 spiro atoms. The lowest BCUT2D eigenvalue weighted by Crippen LogP contribution is -2.73. The number of hydrogen-bond donors (Lipinski definition) is 1. The molecule has 2 heterocycles. The summed E-state index contributed by atoms with van der Waals surface area (Å²) in [4.78, 5) is 24.2. The number of β-lactam (4-membered cyclic amide) rings is 1. The fourth-order valence-electron chi connectivity index (χ4n) is 2.07. The Balaban J connectivity index is 2.11. The maximum atomic E-state index is 11.6. The first kappa shape index (κ1) is 9.98. The summed E-state index contributed by atoms with van der Waals surface area (Å²) in [5.41, 5.74) is 0. The second-order valence-corrected chi connectivity index (χ2v) is 4.93. The fraction of sp³-hybridized carbons (Fsp3) is 0.778. The highest BCUT2D eigenvalue weighted by atomic mass is 32.2. The van der Waals surface area contributed by atoms with E-state index in [-0.39, 0.29) is 29.3 Å². The number of hydrogen-bond acceptors (Lipinski definition) is 4. The lowest BCUT2D eigenvalue weighted by atomic mass is 9.96. The van der Waals surface area contributed by atoms with Crippen molar-refractivity contribution in [1.29, 1.82) is 0 Å². The quantitative estimate of drug-likeness (QED) is 0.506. The van der Waals surface area contributed by atoms with Gasteiger partial charge in [-0.15, -0.1) is 11.8 Å². The van der Waals surface area contributed by atoms with Gasteiger partial charge in [0.15, 0.2) is 0 Å². The van der Waals surface area contributed by atoms with Gasteiger partial charge in [0.2, 0.25) is 5.91 Å². The van der Waals surface area contributed by atoms with Crippen molar-refractivity contribution in [1.82, 2.24) is 10.2 Å². The molecule has 0 aromatic rings. The Morgan fingerprint density at radius 1 is 1.64 bits per heavy atom. The number of amides is 1. The van der Waals surface area contributed by atoms with E-state index in [1.54, 1.807) is 18.8 Å². The SMILES string of the molecule is CN[C@@H]1C(=O)N2C(C)C(C=O)CS[C@H]12. The first-order chi connectivity index (χ1) is 6.70. The molecule has 5 heteroatoms. The normalized spacial score (nSPS) is 41.6. The minimum atomic E-state index is -0.0462. The second kappa shape index (κ2) is 3.55. The first-order valence-corrected chi connectivity index (χ1v) is 5.82. The molecule has 1 N–H and O–H groups in total. The van der Waals surface area contributed by atoms with Crippen LogP contribution in [-0.2, 0) is 9.59 Å². The van der Waals surface area contributed by atoms with Gasteiger partial charge >= 0.3 is 0 Å². The molecule has 2 fully saturated rings. The van der Waals surface area contributed by atoms with Crippen molar-refractivity contribution in [2.75, 3.05) is 12.8 Å². The Kier molecular flexibility index (Phi) is 2.53. The molecule has 2 unspecified atom stereocenters. The molecule has 4 atom stereocenters. The summed E-state index contributed by atoms with van der Waals surface area (Å²) >= 11 is 1.70. The molecule has 2 aliphatic rings. The van der Waals surface area contributed by atoms with Crippen molar-refractivity contribution in [2.45, 2.75) is 24.4 Å². The first-order valence-electron chi connectivity index (χ1n) is 4.77. The van der Waals surface area contributed by atoms with Gasteiger partial charge in [-0.05, 0) is 14.0 Å². The molecule has 1 amide bonds. The Morgan fingerprint density at radius 3 is 2.93 bits per heavy atom. The maximum absolute atomic E-state index is 11.6. The average Bonchev–Trinajstić information content (AvgIpc) is 2.17.